The largest absolute Gasteiger partial charge is 0.352 e. The quantitative estimate of drug-likeness (QED) is 0.269. The van der Waals surface area contributed by atoms with Crippen LogP contribution in [0.15, 0.2) is 72.8 Å². The number of amides is 4. The van der Waals surface area contributed by atoms with Crippen LogP contribution in [0.5, 0.6) is 0 Å². The lowest BCUT2D eigenvalue weighted by Gasteiger charge is -2.33. The summed E-state index contributed by atoms with van der Waals surface area (Å²) in [5.41, 5.74) is 2.34. The zero-order chi connectivity index (χ0) is 29.6. The minimum atomic E-state index is -0.786. The maximum absolute atomic E-state index is 13.9. The van der Waals surface area contributed by atoms with Gasteiger partial charge in [-0.2, -0.15) is 0 Å². The number of fused-ring (bicyclic) bond motifs is 1. The van der Waals surface area contributed by atoms with Crippen LogP contribution in [-0.4, -0.2) is 52.1 Å². The van der Waals surface area contributed by atoms with E-state index in [1.165, 1.54) is 4.90 Å². The maximum Gasteiger partial charge on any atom is 0.261 e. The molecule has 218 valence electrons. The van der Waals surface area contributed by atoms with Crippen LogP contribution in [0.1, 0.15) is 70.4 Å². The van der Waals surface area contributed by atoms with Gasteiger partial charge in [-0.15, -0.1) is 0 Å². The van der Waals surface area contributed by atoms with Crippen LogP contribution in [0.2, 0.25) is 10.0 Å². The standard InChI is InChI=1S/C33H33Cl2N3O4/c34-24-17-16-23(28(35)20-24)21-38(29(19-22-9-2-1-3-10-22)31(40)36-25-11-4-5-12-25)30(39)15-8-18-37-32(41)26-13-6-7-14-27(26)33(37)42/h1-3,6-7,9-10,13-14,16-17,20,25,29H,4-5,8,11-12,15,18-19,21H2,(H,36,40)/t29-/m1/s1. The highest BCUT2D eigenvalue weighted by molar-refractivity contribution is 6.35. The van der Waals surface area contributed by atoms with Crippen LogP contribution in [-0.2, 0) is 22.6 Å². The van der Waals surface area contributed by atoms with E-state index in [0.29, 0.717) is 33.2 Å². The molecule has 1 saturated carbocycles. The van der Waals surface area contributed by atoms with Gasteiger partial charge in [0, 0.05) is 42.0 Å². The third-order valence-corrected chi connectivity index (χ3v) is 8.57. The highest BCUT2D eigenvalue weighted by atomic mass is 35.5. The molecule has 0 aromatic heterocycles. The lowest BCUT2D eigenvalue weighted by molar-refractivity contribution is -0.141. The average Bonchev–Trinajstić information content (AvgIpc) is 3.58. The first-order valence-electron chi connectivity index (χ1n) is 14.3. The van der Waals surface area contributed by atoms with Gasteiger partial charge in [-0.3, -0.25) is 24.1 Å². The molecule has 1 heterocycles. The Morgan fingerprint density at radius 3 is 2.19 bits per heavy atom. The molecular weight excluding hydrogens is 573 g/mol. The van der Waals surface area contributed by atoms with E-state index in [4.69, 9.17) is 23.2 Å². The topological polar surface area (TPSA) is 86.8 Å². The smallest absolute Gasteiger partial charge is 0.261 e. The van der Waals surface area contributed by atoms with Crippen LogP contribution < -0.4 is 5.32 Å². The maximum atomic E-state index is 13.9. The van der Waals surface area contributed by atoms with Crippen molar-refractivity contribution in [3.8, 4) is 0 Å². The molecule has 5 rings (SSSR count). The Morgan fingerprint density at radius 2 is 1.55 bits per heavy atom. The van der Waals surface area contributed by atoms with Crippen molar-refractivity contribution >= 4 is 46.8 Å². The van der Waals surface area contributed by atoms with Gasteiger partial charge in [-0.1, -0.05) is 84.6 Å². The van der Waals surface area contributed by atoms with E-state index in [2.05, 4.69) is 5.32 Å². The Kier molecular flexibility index (Phi) is 9.60. The number of nitrogens with zero attached hydrogens (tertiary/aromatic N) is 2. The third kappa shape index (κ3) is 6.85. The minimum Gasteiger partial charge on any atom is -0.352 e. The molecule has 7 nitrogen and oxygen atoms in total. The Bertz CT molecular complexity index is 1440. The van der Waals surface area contributed by atoms with Crippen molar-refractivity contribution in [2.75, 3.05) is 6.54 Å². The molecule has 3 aromatic rings. The van der Waals surface area contributed by atoms with E-state index < -0.39 is 6.04 Å². The number of imide groups is 1. The van der Waals surface area contributed by atoms with Gasteiger partial charge >= 0.3 is 0 Å². The van der Waals surface area contributed by atoms with Gasteiger partial charge < -0.3 is 10.2 Å². The molecule has 42 heavy (non-hydrogen) atoms. The summed E-state index contributed by atoms with van der Waals surface area (Å²) in [6.07, 6.45) is 4.60. The lowest BCUT2D eigenvalue weighted by Crippen LogP contribution is -2.52. The molecule has 1 aliphatic heterocycles. The summed E-state index contributed by atoms with van der Waals surface area (Å²) < 4.78 is 0. The predicted octanol–water partition coefficient (Wildman–Crippen LogP) is 6.07. The molecule has 0 spiro atoms. The van der Waals surface area contributed by atoms with E-state index in [1.54, 1.807) is 47.4 Å². The summed E-state index contributed by atoms with van der Waals surface area (Å²) in [5.74, 6) is -1.18. The molecule has 1 aliphatic carbocycles. The average molecular weight is 607 g/mol. The molecule has 0 bridgehead atoms. The number of hydrogen-bond donors (Lipinski definition) is 1. The highest BCUT2D eigenvalue weighted by Gasteiger charge is 2.36. The molecule has 1 atom stereocenters. The van der Waals surface area contributed by atoms with Gasteiger partial charge in [0.2, 0.25) is 11.8 Å². The number of halogens is 2. The van der Waals surface area contributed by atoms with Crippen molar-refractivity contribution < 1.29 is 19.2 Å². The van der Waals surface area contributed by atoms with E-state index in [-0.39, 0.29) is 55.6 Å². The molecule has 1 N–H and O–H groups in total. The summed E-state index contributed by atoms with van der Waals surface area (Å²) in [4.78, 5) is 56.2. The molecule has 4 amide bonds. The molecule has 3 aromatic carbocycles. The van der Waals surface area contributed by atoms with Crippen LogP contribution in [0.4, 0.5) is 0 Å². The highest BCUT2D eigenvalue weighted by Crippen LogP contribution is 2.26. The molecule has 0 unspecified atom stereocenters. The van der Waals surface area contributed by atoms with Crippen LogP contribution >= 0.6 is 23.2 Å². The summed E-state index contributed by atoms with van der Waals surface area (Å²) >= 11 is 12.7. The molecule has 2 aliphatic rings. The minimum absolute atomic E-state index is 0.0423. The predicted molar refractivity (Wildman–Crippen MR) is 162 cm³/mol. The van der Waals surface area contributed by atoms with E-state index >= 15 is 0 Å². The van der Waals surface area contributed by atoms with Crippen molar-refractivity contribution in [1.82, 2.24) is 15.1 Å². The van der Waals surface area contributed by atoms with Crippen molar-refractivity contribution in [2.24, 2.45) is 0 Å². The second kappa shape index (κ2) is 13.5. The normalized spacial score (nSPS) is 15.5. The Morgan fingerprint density at radius 1 is 0.905 bits per heavy atom. The zero-order valence-corrected chi connectivity index (χ0v) is 24.7. The van der Waals surface area contributed by atoms with Crippen molar-refractivity contribution in [3.63, 3.8) is 0 Å². The SMILES string of the molecule is O=C(NC1CCCC1)[C@@H](Cc1ccccc1)N(Cc1ccc(Cl)cc1Cl)C(=O)CCCN1C(=O)c2ccccc2C1=O. The number of hydrogen-bond acceptors (Lipinski definition) is 4. The second-order valence-corrected chi connectivity index (χ2v) is 11.7. The van der Waals surface area contributed by atoms with Crippen molar-refractivity contribution in [2.45, 2.75) is 63.6 Å². The Labute approximate surface area is 255 Å². The summed E-state index contributed by atoms with van der Waals surface area (Å²) in [6.45, 7) is 0.211. The first-order chi connectivity index (χ1) is 20.3. The number of benzene rings is 3. The van der Waals surface area contributed by atoms with Crippen LogP contribution in [0.25, 0.3) is 0 Å². The van der Waals surface area contributed by atoms with Gasteiger partial charge in [0.15, 0.2) is 0 Å². The number of nitrogens with one attached hydrogen (secondary N) is 1. The van der Waals surface area contributed by atoms with Gasteiger partial charge in [-0.25, -0.2) is 0 Å². The van der Waals surface area contributed by atoms with Crippen LogP contribution in [0.3, 0.4) is 0 Å². The fourth-order valence-corrected chi connectivity index (χ4v) is 6.20. The summed E-state index contributed by atoms with van der Waals surface area (Å²) in [6, 6.07) is 20.7. The summed E-state index contributed by atoms with van der Waals surface area (Å²) in [5, 5.41) is 4.06. The zero-order valence-electron chi connectivity index (χ0n) is 23.2. The van der Waals surface area contributed by atoms with Gasteiger partial charge in [0.1, 0.15) is 6.04 Å². The van der Waals surface area contributed by atoms with Gasteiger partial charge in [0.25, 0.3) is 11.8 Å². The number of carbonyl (C=O) groups excluding carboxylic acids is 4. The molecular formula is C33H33Cl2N3O4. The monoisotopic (exact) mass is 605 g/mol. The van der Waals surface area contributed by atoms with Crippen LogP contribution in [0, 0.1) is 0 Å². The van der Waals surface area contributed by atoms with Gasteiger partial charge in [0.05, 0.1) is 11.1 Å². The molecule has 0 radical (unpaired) electrons. The van der Waals surface area contributed by atoms with Crippen molar-refractivity contribution in [1.29, 1.82) is 0 Å². The molecule has 9 heteroatoms. The van der Waals surface area contributed by atoms with Crippen molar-refractivity contribution in [3.05, 3.63) is 105 Å². The fourth-order valence-electron chi connectivity index (χ4n) is 5.73. The number of carbonyl (C=O) groups is 4. The Hall–Kier alpha value is -3.68. The van der Waals surface area contributed by atoms with E-state index in [9.17, 15) is 19.2 Å². The molecule has 0 saturated heterocycles. The fraction of sp³-hybridized carbons (Fsp3) is 0.333. The lowest BCUT2D eigenvalue weighted by atomic mass is 10.0. The molecule has 1 fully saturated rings. The Balaban J connectivity index is 1.37. The third-order valence-electron chi connectivity index (χ3n) is 7.98. The number of rotatable bonds is 11. The summed E-state index contributed by atoms with van der Waals surface area (Å²) in [7, 11) is 0. The van der Waals surface area contributed by atoms with E-state index in [0.717, 1.165) is 31.2 Å². The second-order valence-electron chi connectivity index (χ2n) is 10.9. The van der Waals surface area contributed by atoms with Gasteiger partial charge in [-0.05, 0) is 54.7 Å². The van der Waals surface area contributed by atoms with E-state index in [1.807, 2.05) is 30.3 Å². The first kappa shape index (κ1) is 29.8. The first-order valence-corrected chi connectivity index (χ1v) is 15.1.